The van der Waals surface area contributed by atoms with Crippen molar-refractivity contribution in [2.24, 2.45) is 5.92 Å². The van der Waals surface area contributed by atoms with Gasteiger partial charge in [0.15, 0.2) is 0 Å². The molecule has 3 heteroatoms. The second-order valence-electron chi connectivity index (χ2n) is 5.02. The predicted molar refractivity (Wildman–Crippen MR) is 66.6 cm³/mol. The lowest BCUT2D eigenvalue weighted by molar-refractivity contribution is 0.334. The van der Waals surface area contributed by atoms with Gasteiger partial charge in [0.25, 0.3) is 0 Å². The van der Waals surface area contributed by atoms with Crippen molar-refractivity contribution in [3.63, 3.8) is 0 Å². The third-order valence-corrected chi connectivity index (χ3v) is 3.89. The van der Waals surface area contributed by atoms with Crippen LogP contribution in [0.3, 0.4) is 0 Å². The highest BCUT2D eigenvalue weighted by atomic mass is 15.3. The smallest absolute Gasteiger partial charge is 0.0625 e. The number of rotatable bonds is 3. The maximum atomic E-state index is 4.59. The zero-order valence-electron chi connectivity index (χ0n) is 10.7. The minimum atomic E-state index is 0.845. The lowest BCUT2D eigenvalue weighted by Crippen LogP contribution is -2.30. The van der Waals surface area contributed by atoms with Gasteiger partial charge in [-0.3, -0.25) is 4.68 Å². The van der Waals surface area contributed by atoms with E-state index >= 15 is 0 Å². The fourth-order valence-electron chi connectivity index (χ4n) is 2.48. The van der Waals surface area contributed by atoms with Crippen LogP contribution in [-0.4, -0.2) is 22.9 Å². The number of aryl methyl sites for hydroxylation is 2. The summed E-state index contributed by atoms with van der Waals surface area (Å²) in [7, 11) is 0. The molecular weight excluding hydrogens is 198 g/mol. The first-order valence-electron chi connectivity index (χ1n) is 6.40. The van der Waals surface area contributed by atoms with Crippen molar-refractivity contribution in [1.82, 2.24) is 15.1 Å². The van der Waals surface area contributed by atoms with Gasteiger partial charge in [0.05, 0.1) is 5.69 Å². The molecule has 0 amide bonds. The summed E-state index contributed by atoms with van der Waals surface area (Å²) in [6, 6.07) is 0. The average Bonchev–Trinajstić information content (AvgIpc) is 2.56. The monoisotopic (exact) mass is 221 g/mol. The van der Waals surface area contributed by atoms with Crippen LogP contribution >= 0.6 is 0 Å². The number of nitrogens with one attached hydrogen (secondary N) is 1. The van der Waals surface area contributed by atoms with Gasteiger partial charge >= 0.3 is 0 Å². The van der Waals surface area contributed by atoms with Gasteiger partial charge in [0.2, 0.25) is 0 Å². The number of aromatic nitrogens is 2. The summed E-state index contributed by atoms with van der Waals surface area (Å²) in [5.74, 6) is 0.845. The van der Waals surface area contributed by atoms with Crippen LogP contribution in [0.2, 0.25) is 0 Å². The summed E-state index contributed by atoms with van der Waals surface area (Å²) < 4.78 is 2.18. The molecule has 1 saturated heterocycles. The van der Waals surface area contributed by atoms with Gasteiger partial charge in [-0.05, 0) is 64.6 Å². The summed E-state index contributed by atoms with van der Waals surface area (Å²) in [5, 5.41) is 8.06. The minimum Gasteiger partial charge on any atom is -0.316 e. The van der Waals surface area contributed by atoms with Crippen LogP contribution in [0.15, 0.2) is 0 Å². The molecule has 1 aliphatic rings. The predicted octanol–water partition coefficient (Wildman–Crippen LogP) is 2.20. The van der Waals surface area contributed by atoms with Crippen LogP contribution in [-0.2, 0) is 6.54 Å². The van der Waals surface area contributed by atoms with E-state index in [1.165, 1.54) is 49.3 Å². The van der Waals surface area contributed by atoms with Gasteiger partial charge < -0.3 is 5.32 Å². The van der Waals surface area contributed by atoms with Gasteiger partial charge in [-0.15, -0.1) is 0 Å². The van der Waals surface area contributed by atoms with Gasteiger partial charge in [-0.1, -0.05) is 0 Å². The van der Waals surface area contributed by atoms with E-state index in [1.807, 2.05) is 0 Å². The van der Waals surface area contributed by atoms with Crippen LogP contribution in [0.25, 0.3) is 0 Å². The molecule has 1 unspecified atom stereocenters. The number of nitrogens with zero attached hydrogens (tertiary/aromatic N) is 2. The molecule has 0 saturated carbocycles. The standard InChI is InChI=1S/C13H23N3/c1-10-11(2)15-16(12(10)3)8-6-13-5-4-7-14-9-13/h13-14H,4-9H2,1-3H3. The molecule has 1 fully saturated rings. The Bertz CT molecular complexity index is 348. The van der Waals surface area contributed by atoms with Crippen molar-refractivity contribution < 1.29 is 0 Å². The molecule has 0 spiro atoms. The van der Waals surface area contributed by atoms with E-state index in [-0.39, 0.29) is 0 Å². The highest BCUT2D eigenvalue weighted by molar-refractivity contribution is 5.21. The van der Waals surface area contributed by atoms with Crippen LogP contribution in [0.1, 0.15) is 36.2 Å². The second kappa shape index (κ2) is 5.00. The maximum absolute atomic E-state index is 4.59. The molecule has 3 nitrogen and oxygen atoms in total. The van der Waals surface area contributed by atoms with Crippen molar-refractivity contribution in [2.75, 3.05) is 13.1 Å². The number of piperidine rings is 1. The van der Waals surface area contributed by atoms with Gasteiger partial charge in [0.1, 0.15) is 0 Å². The van der Waals surface area contributed by atoms with E-state index in [1.54, 1.807) is 0 Å². The third-order valence-electron chi connectivity index (χ3n) is 3.89. The Morgan fingerprint density at radius 1 is 1.38 bits per heavy atom. The summed E-state index contributed by atoms with van der Waals surface area (Å²) in [5.41, 5.74) is 3.86. The fraction of sp³-hybridized carbons (Fsp3) is 0.769. The summed E-state index contributed by atoms with van der Waals surface area (Å²) in [6.07, 6.45) is 3.97. The Hall–Kier alpha value is -0.830. The quantitative estimate of drug-likeness (QED) is 0.848. The molecule has 16 heavy (non-hydrogen) atoms. The van der Waals surface area contributed by atoms with Gasteiger partial charge in [-0.25, -0.2) is 0 Å². The number of hydrogen-bond acceptors (Lipinski definition) is 2. The molecule has 1 N–H and O–H groups in total. The molecule has 1 aliphatic heterocycles. The van der Waals surface area contributed by atoms with Crippen molar-refractivity contribution in [2.45, 2.75) is 46.6 Å². The molecule has 2 heterocycles. The van der Waals surface area contributed by atoms with Crippen molar-refractivity contribution >= 4 is 0 Å². The second-order valence-corrected chi connectivity index (χ2v) is 5.02. The lowest BCUT2D eigenvalue weighted by atomic mass is 9.96. The fourth-order valence-corrected chi connectivity index (χ4v) is 2.48. The first kappa shape index (κ1) is 11.6. The van der Waals surface area contributed by atoms with Crippen LogP contribution in [0, 0.1) is 26.7 Å². The molecule has 1 aromatic heterocycles. The molecular formula is C13H23N3. The molecule has 0 radical (unpaired) electrons. The van der Waals surface area contributed by atoms with E-state index in [4.69, 9.17) is 0 Å². The Labute approximate surface area is 98.2 Å². The van der Waals surface area contributed by atoms with Gasteiger partial charge in [0, 0.05) is 12.2 Å². The summed E-state index contributed by atoms with van der Waals surface area (Å²) in [4.78, 5) is 0. The topological polar surface area (TPSA) is 29.9 Å². The van der Waals surface area contributed by atoms with E-state index in [0.29, 0.717) is 0 Å². The molecule has 90 valence electrons. The van der Waals surface area contributed by atoms with Crippen molar-refractivity contribution in [3.8, 4) is 0 Å². The number of hydrogen-bond donors (Lipinski definition) is 1. The van der Waals surface area contributed by atoms with Crippen molar-refractivity contribution in [1.29, 1.82) is 0 Å². The lowest BCUT2D eigenvalue weighted by Gasteiger charge is -2.22. The van der Waals surface area contributed by atoms with Crippen LogP contribution in [0.5, 0.6) is 0 Å². The van der Waals surface area contributed by atoms with Crippen molar-refractivity contribution in [3.05, 3.63) is 17.0 Å². The Morgan fingerprint density at radius 3 is 2.75 bits per heavy atom. The maximum Gasteiger partial charge on any atom is 0.0625 e. The Balaban J connectivity index is 1.91. The normalized spacial score (nSPS) is 21.3. The third kappa shape index (κ3) is 2.46. The van der Waals surface area contributed by atoms with E-state index in [0.717, 1.165) is 12.5 Å². The van der Waals surface area contributed by atoms with E-state index < -0.39 is 0 Å². The Kier molecular flexibility index (Phi) is 3.64. The highest BCUT2D eigenvalue weighted by Crippen LogP contribution is 2.17. The van der Waals surface area contributed by atoms with Crippen LogP contribution in [0.4, 0.5) is 0 Å². The molecule has 0 aromatic carbocycles. The zero-order valence-corrected chi connectivity index (χ0v) is 10.7. The Morgan fingerprint density at radius 2 is 2.19 bits per heavy atom. The van der Waals surface area contributed by atoms with E-state index in [9.17, 15) is 0 Å². The molecule has 0 bridgehead atoms. The van der Waals surface area contributed by atoms with Gasteiger partial charge in [-0.2, -0.15) is 5.10 Å². The summed E-state index contributed by atoms with van der Waals surface area (Å²) >= 11 is 0. The first-order valence-corrected chi connectivity index (χ1v) is 6.40. The largest absolute Gasteiger partial charge is 0.316 e. The molecule has 1 atom stereocenters. The molecule has 0 aliphatic carbocycles. The first-order chi connectivity index (χ1) is 7.68. The SMILES string of the molecule is Cc1nn(CCC2CCCNC2)c(C)c1C. The zero-order chi connectivity index (χ0) is 11.5. The highest BCUT2D eigenvalue weighted by Gasteiger charge is 2.14. The summed E-state index contributed by atoms with van der Waals surface area (Å²) in [6.45, 7) is 9.91. The minimum absolute atomic E-state index is 0.845. The molecule has 1 aromatic rings. The average molecular weight is 221 g/mol. The van der Waals surface area contributed by atoms with E-state index in [2.05, 4.69) is 35.9 Å². The molecule has 2 rings (SSSR count). The van der Waals surface area contributed by atoms with Crippen LogP contribution < -0.4 is 5.32 Å².